The van der Waals surface area contributed by atoms with E-state index in [1.807, 2.05) is 58.2 Å². The number of carbonyl (C=O) groups is 1. The molecule has 30 heavy (non-hydrogen) atoms. The van der Waals surface area contributed by atoms with Gasteiger partial charge < -0.3 is 20.3 Å². The summed E-state index contributed by atoms with van der Waals surface area (Å²) in [6.07, 6.45) is 3.40. The number of nitrogens with one attached hydrogen (secondary N) is 2. The number of guanidine groups is 1. The quantitative estimate of drug-likeness (QED) is 0.572. The van der Waals surface area contributed by atoms with Crippen molar-refractivity contribution in [3.63, 3.8) is 0 Å². The van der Waals surface area contributed by atoms with Gasteiger partial charge in [-0.15, -0.1) is 0 Å². The molecule has 0 saturated carbocycles. The average molecular weight is 416 g/mol. The largest absolute Gasteiger partial charge is 0.444 e. The van der Waals surface area contributed by atoms with Crippen molar-refractivity contribution in [1.82, 2.24) is 20.4 Å². The van der Waals surface area contributed by atoms with Gasteiger partial charge in [0.1, 0.15) is 5.60 Å². The van der Waals surface area contributed by atoms with Gasteiger partial charge in [0.15, 0.2) is 5.96 Å². The van der Waals surface area contributed by atoms with E-state index in [-0.39, 0.29) is 6.04 Å². The topological polar surface area (TPSA) is 69.2 Å². The fraction of sp³-hybridized carbons (Fsp3) is 0.652. The number of nitrogens with zero attached hydrogens (tertiary/aromatic N) is 3. The second-order valence-electron chi connectivity index (χ2n) is 9.17. The molecule has 2 N–H and O–H groups in total. The van der Waals surface area contributed by atoms with E-state index in [0.29, 0.717) is 12.6 Å². The summed E-state index contributed by atoms with van der Waals surface area (Å²) in [6, 6.07) is 10.4. The maximum atomic E-state index is 12.4. The lowest BCUT2D eigenvalue weighted by molar-refractivity contribution is 0.0504. The van der Waals surface area contributed by atoms with Crippen LogP contribution in [0, 0.1) is 0 Å². The smallest absolute Gasteiger partial charge is 0.408 e. The van der Waals surface area contributed by atoms with E-state index in [1.165, 1.54) is 32.4 Å². The number of amides is 1. The van der Waals surface area contributed by atoms with Crippen LogP contribution in [0.5, 0.6) is 0 Å². The molecule has 0 spiro atoms. The van der Waals surface area contributed by atoms with Crippen molar-refractivity contribution in [2.75, 3.05) is 39.8 Å². The van der Waals surface area contributed by atoms with Gasteiger partial charge in [-0.3, -0.25) is 9.89 Å². The molecule has 1 amide bonds. The molecule has 7 nitrogen and oxygen atoms in total. The molecule has 0 aromatic heterocycles. The Hall–Kier alpha value is -2.28. The zero-order chi connectivity index (χ0) is 21.6. The Morgan fingerprint density at radius 2 is 1.90 bits per heavy atom. The highest BCUT2D eigenvalue weighted by atomic mass is 16.6. The van der Waals surface area contributed by atoms with Gasteiger partial charge in [-0.2, -0.15) is 0 Å². The Morgan fingerprint density at radius 1 is 1.20 bits per heavy atom. The van der Waals surface area contributed by atoms with E-state index < -0.39 is 11.7 Å². The van der Waals surface area contributed by atoms with Gasteiger partial charge in [-0.1, -0.05) is 30.3 Å². The van der Waals surface area contributed by atoms with Crippen molar-refractivity contribution in [1.29, 1.82) is 0 Å². The molecule has 0 aliphatic carbocycles. The Kier molecular flexibility index (Phi) is 7.58. The van der Waals surface area contributed by atoms with E-state index in [9.17, 15) is 4.79 Å². The van der Waals surface area contributed by atoms with Crippen LogP contribution in [0.15, 0.2) is 35.3 Å². The van der Waals surface area contributed by atoms with Crippen LogP contribution in [-0.2, 0) is 4.74 Å². The van der Waals surface area contributed by atoms with E-state index in [4.69, 9.17) is 4.74 Å². The standard InChI is InChI=1S/C23H37N5O2/c1-23(2,3)30-22(29)26-20(18-10-6-5-7-11-18)16-25-21(24-4)28-15-12-19(17-28)27-13-8-9-14-27/h5-7,10-11,19-20H,8-9,12-17H2,1-4H3,(H,24,25)(H,26,29). The molecule has 7 heteroatoms. The van der Waals surface area contributed by atoms with Gasteiger partial charge in [0.05, 0.1) is 6.04 Å². The molecule has 2 atom stereocenters. The van der Waals surface area contributed by atoms with Crippen molar-refractivity contribution in [2.45, 2.75) is 57.7 Å². The Balaban J connectivity index is 1.60. The van der Waals surface area contributed by atoms with Crippen molar-refractivity contribution < 1.29 is 9.53 Å². The minimum Gasteiger partial charge on any atom is -0.444 e. The maximum absolute atomic E-state index is 12.4. The lowest BCUT2D eigenvalue weighted by Gasteiger charge is -2.27. The monoisotopic (exact) mass is 415 g/mol. The number of hydrogen-bond acceptors (Lipinski definition) is 4. The Bertz CT molecular complexity index is 710. The van der Waals surface area contributed by atoms with Crippen LogP contribution in [0.25, 0.3) is 0 Å². The number of aliphatic imine (C=N–C) groups is 1. The average Bonchev–Trinajstić information content (AvgIpc) is 3.39. The first-order valence-electron chi connectivity index (χ1n) is 11.1. The van der Waals surface area contributed by atoms with Gasteiger partial charge in [0.2, 0.25) is 0 Å². The van der Waals surface area contributed by atoms with Gasteiger partial charge in [0.25, 0.3) is 0 Å². The van der Waals surface area contributed by atoms with Crippen LogP contribution in [0.3, 0.4) is 0 Å². The molecule has 0 bridgehead atoms. The highest BCUT2D eigenvalue weighted by molar-refractivity contribution is 5.80. The van der Waals surface area contributed by atoms with Crippen molar-refractivity contribution in [2.24, 2.45) is 4.99 Å². The molecule has 0 radical (unpaired) electrons. The van der Waals surface area contributed by atoms with Crippen LogP contribution in [-0.4, -0.2) is 73.3 Å². The first kappa shape index (κ1) is 22.4. The van der Waals surface area contributed by atoms with Crippen molar-refractivity contribution in [3.8, 4) is 0 Å². The number of likely N-dealkylation sites (tertiary alicyclic amines) is 2. The predicted molar refractivity (Wildman–Crippen MR) is 121 cm³/mol. The van der Waals surface area contributed by atoms with Crippen LogP contribution in [0.2, 0.25) is 0 Å². The summed E-state index contributed by atoms with van der Waals surface area (Å²) >= 11 is 0. The van der Waals surface area contributed by atoms with Crippen LogP contribution in [0.1, 0.15) is 51.6 Å². The molecule has 3 rings (SSSR count). The second kappa shape index (κ2) is 10.2. The fourth-order valence-corrected chi connectivity index (χ4v) is 4.25. The molecular formula is C23H37N5O2. The fourth-order valence-electron chi connectivity index (χ4n) is 4.25. The summed E-state index contributed by atoms with van der Waals surface area (Å²) in [5.41, 5.74) is 0.497. The molecule has 166 valence electrons. The molecule has 2 aliphatic heterocycles. The summed E-state index contributed by atoms with van der Waals surface area (Å²) < 4.78 is 5.47. The lowest BCUT2D eigenvalue weighted by atomic mass is 10.1. The molecule has 2 heterocycles. The van der Waals surface area contributed by atoms with Crippen molar-refractivity contribution in [3.05, 3.63) is 35.9 Å². The number of ether oxygens (including phenoxy) is 1. The zero-order valence-corrected chi connectivity index (χ0v) is 18.9. The summed E-state index contributed by atoms with van der Waals surface area (Å²) in [5, 5.41) is 6.48. The van der Waals surface area contributed by atoms with Gasteiger partial charge in [-0.25, -0.2) is 4.79 Å². The zero-order valence-electron chi connectivity index (χ0n) is 18.9. The third-order valence-electron chi connectivity index (χ3n) is 5.69. The van der Waals surface area contributed by atoms with E-state index >= 15 is 0 Å². The first-order valence-corrected chi connectivity index (χ1v) is 11.1. The molecule has 2 saturated heterocycles. The Morgan fingerprint density at radius 3 is 2.53 bits per heavy atom. The maximum Gasteiger partial charge on any atom is 0.408 e. The van der Waals surface area contributed by atoms with E-state index in [0.717, 1.165) is 24.6 Å². The minimum absolute atomic E-state index is 0.213. The summed E-state index contributed by atoms with van der Waals surface area (Å²) in [7, 11) is 1.82. The van der Waals surface area contributed by atoms with Gasteiger partial charge >= 0.3 is 6.09 Å². The SMILES string of the molecule is CN=C(NCC(NC(=O)OC(C)(C)C)c1ccccc1)N1CCC(N2CCCC2)C1. The molecular weight excluding hydrogens is 378 g/mol. The number of rotatable bonds is 5. The van der Waals surface area contributed by atoms with Gasteiger partial charge in [-0.05, 0) is 58.7 Å². The van der Waals surface area contributed by atoms with Crippen LogP contribution in [0.4, 0.5) is 4.79 Å². The summed E-state index contributed by atoms with van der Waals surface area (Å²) in [5.74, 6) is 0.892. The van der Waals surface area contributed by atoms with E-state index in [2.05, 4.69) is 25.4 Å². The summed E-state index contributed by atoms with van der Waals surface area (Å²) in [4.78, 5) is 21.8. The predicted octanol–water partition coefficient (Wildman–Crippen LogP) is 3.00. The number of hydrogen-bond donors (Lipinski definition) is 2. The molecule has 1 aromatic carbocycles. The Labute approximate surface area is 180 Å². The van der Waals surface area contributed by atoms with E-state index in [1.54, 1.807) is 0 Å². The molecule has 2 fully saturated rings. The minimum atomic E-state index is -0.533. The van der Waals surface area contributed by atoms with Crippen molar-refractivity contribution >= 4 is 12.1 Å². The molecule has 2 aliphatic rings. The number of benzene rings is 1. The number of carbonyl (C=O) groups excluding carboxylic acids is 1. The van der Waals surface area contributed by atoms with Crippen LogP contribution < -0.4 is 10.6 Å². The molecule has 2 unspecified atom stereocenters. The van der Waals surface area contributed by atoms with Crippen LogP contribution >= 0.6 is 0 Å². The third kappa shape index (κ3) is 6.36. The highest BCUT2D eigenvalue weighted by Gasteiger charge is 2.31. The molecule has 1 aromatic rings. The third-order valence-corrected chi connectivity index (χ3v) is 5.69. The highest BCUT2D eigenvalue weighted by Crippen LogP contribution is 2.21. The first-order chi connectivity index (χ1) is 14.4. The lowest BCUT2D eigenvalue weighted by Crippen LogP contribution is -2.46. The summed E-state index contributed by atoms with van der Waals surface area (Å²) in [6.45, 7) is 10.6. The number of alkyl carbamates (subject to hydrolysis) is 1. The second-order valence-corrected chi connectivity index (χ2v) is 9.17. The van der Waals surface area contributed by atoms with Gasteiger partial charge in [0, 0.05) is 32.7 Å². The normalized spacial score (nSPS) is 21.5.